The topological polar surface area (TPSA) is 90.4 Å². The van der Waals surface area contributed by atoms with E-state index in [4.69, 9.17) is 9.47 Å². The van der Waals surface area contributed by atoms with E-state index in [2.05, 4.69) is 25.0 Å². The van der Waals surface area contributed by atoms with Crippen LogP contribution in [-0.2, 0) is 21.0 Å². The van der Waals surface area contributed by atoms with E-state index in [0.29, 0.717) is 16.6 Å². The van der Waals surface area contributed by atoms with Gasteiger partial charge >= 0.3 is 11.7 Å². The molecule has 2 aromatic rings. The second-order valence-electron chi connectivity index (χ2n) is 7.48. The molecule has 0 aliphatic carbocycles. The van der Waals surface area contributed by atoms with Crippen LogP contribution in [0, 0.1) is 0 Å². The lowest BCUT2D eigenvalue weighted by atomic mass is 10.3. The molecular weight excluding hydrogens is 384 g/mol. The molecule has 2 heterocycles. The summed E-state index contributed by atoms with van der Waals surface area (Å²) in [5.41, 5.74) is -0.344. The van der Waals surface area contributed by atoms with Gasteiger partial charge in [-0.3, -0.25) is 9.59 Å². The Hall–Kier alpha value is -1.71. The first kappa shape index (κ1) is 21.6. The second kappa shape index (κ2) is 8.53. The summed E-state index contributed by atoms with van der Waals surface area (Å²) in [5, 5.41) is 1.04. The SMILES string of the molecule is CCCC(=O)OCC(C)(OCn1c(=O)[nH]c2ccsc2c1=O)[Si](C)(C)CC. The molecule has 0 amide bonds. The van der Waals surface area contributed by atoms with Crippen LogP contribution in [0.15, 0.2) is 21.0 Å². The molecule has 7 nitrogen and oxygen atoms in total. The fourth-order valence-corrected chi connectivity index (χ4v) is 5.06. The minimum Gasteiger partial charge on any atom is -0.463 e. The lowest BCUT2D eigenvalue weighted by molar-refractivity contribution is -0.151. The highest BCUT2D eigenvalue weighted by Gasteiger charge is 2.44. The van der Waals surface area contributed by atoms with Crippen molar-refractivity contribution in [3.63, 3.8) is 0 Å². The first-order valence-corrected chi connectivity index (χ1v) is 13.2. The Morgan fingerprint density at radius 1 is 1.33 bits per heavy atom. The van der Waals surface area contributed by atoms with Crippen LogP contribution in [0.25, 0.3) is 10.2 Å². The van der Waals surface area contributed by atoms with Crippen LogP contribution in [0.1, 0.15) is 33.6 Å². The highest BCUT2D eigenvalue weighted by Crippen LogP contribution is 2.29. The van der Waals surface area contributed by atoms with E-state index < -0.39 is 19.0 Å². The standard InChI is InChI=1S/C18H28N2O5SSi/c1-6-8-14(21)24-11-18(3,27(4,5)7-2)25-12-20-16(22)15-13(9-10-26-15)19-17(20)23/h9-10H,6-8,11-12H2,1-5H3,(H,19,23). The van der Waals surface area contributed by atoms with Crippen molar-refractivity contribution in [3.8, 4) is 0 Å². The monoisotopic (exact) mass is 412 g/mol. The van der Waals surface area contributed by atoms with Crippen LogP contribution in [0.5, 0.6) is 0 Å². The zero-order valence-corrected chi connectivity index (χ0v) is 18.4. The van der Waals surface area contributed by atoms with E-state index >= 15 is 0 Å². The summed E-state index contributed by atoms with van der Waals surface area (Å²) in [6.45, 7) is 10.1. The van der Waals surface area contributed by atoms with Crippen molar-refractivity contribution < 1.29 is 14.3 Å². The van der Waals surface area contributed by atoms with Crippen molar-refractivity contribution in [2.45, 2.75) is 64.7 Å². The van der Waals surface area contributed by atoms with Gasteiger partial charge in [-0.25, -0.2) is 9.36 Å². The Bertz CT molecular complexity index is 916. The lowest BCUT2D eigenvalue weighted by Crippen LogP contribution is -2.57. The summed E-state index contributed by atoms with van der Waals surface area (Å²) >= 11 is 1.28. The number of carbonyl (C=O) groups is 1. The number of carbonyl (C=O) groups excluding carboxylic acids is 1. The molecule has 1 atom stereocenters. The molecule has 0 saturated carbocycles. The first-order chi connectivity index (χ1) is 12.6. The van der Waals surface area contributed by atoms with Gasteiger partial charge < -0.3 is 14.5 Å². The number of aromatic nitrogens is 2. The zero-order chi connectivity index (χ0) is 20.2. The summed E-state index contributed by atoms with van der Waals surface area (Å²) < 4.78 is 13.1. The normalized spacial score (nSPS) is 14.3. The van der Waals surface area contributed by atoms with E-state index in [1.54, 1.807) is 11.4 Å². The maximum absolute atomic E-state index is 12.6. The third-order valence-corrected chi connectivity index (χ3v) is 11.2. The number of aromatic amines is 1. The Labute approximate surface area is 163 Å². The minimum absolute atomic E-state index is 0.118. The molecule has 1 unspecified atom stereocenters. The quantitative estimate of drug-likeness (QED) is 0.505. The molecule has 0 fully saturated rings. The van der Waals surface area contributed by atoms with Gasteiger partial charge in [0.25, 0.3) is 5.56 Å². The van der Waals surface area contributed by atoms with E-state index in [9.17, 15) is 14.4 Å². The van der Waals surface area contributed by atoms with Crippen LogP contribution in [0.4, 0.5) is 0 Å². The number of esters is 1. The van der Waals surface area contributed by atoms with Crippen molar-refractivity contribution in [1.29, 1.82) is 0 Å². The van der Waals surface area contributed by atoms with Gasteiger partial charge in [0.2, 0.25) is 0 Å². The number of ether oxygens (including phenoxy) is 2. The van der Waals surface area contributed by atoms with Crippen molar-refractivity contribution in [1.82, 2.24) is 9.55 Å². The van der Waals surface area contributed by atoms with Gasteiger partial charge in [-0.2, -0.15) is 0 Å². The van der Waals surface area contributed by atoms with Gasteiger partial charge in [-0.05, 0) is 24.8 Å². The van der Waals surface area contributed by atoms with Gasteiger partial charge in [-0.15, -0.1) is 11.3 Å². The molecule has 0 aliphatic heterocycles. The second-order valence-corrected chi connectivity index (χ2v) is 13.9. The van der Waals surface area contributed by atoms with Crippen molar-refractivity contribution in [2.75, 3.05) is 6.61 Å². The van der Waals surface area contributed by atoms with Crippen LogP contribution in [-0.4, -0.2) is 35.4 Å². The Kier molecular flexibility index (Phi) is 6.82. The van der Waals surface area contributed by atoms with Gasteiger partial charge in [0.15, 0.2) is 0 Å². The number of hydrogen-bond donors (Lipinski definition) is 1. The van der Waals surface area contributed by atoms with E-state index in [1.807, 2.05) is 13.8 Å². The molecule has 0 radical (unpaired) electrons. The Morgan fingerprint density at radius 2 is 2.04 bits per heavy atom. The molecule has 0 aromatic carbocycles. The summed E-state index contributed by atoms with van der Waals surface area (Å²) in [5.74, 6) is -0.261. The van der Waals surface area contributed by atoms with Crippen LogP contribution >= 0.6 is 11.3 Å². The van der Waals surface area contributed by atoms with Crippen molar-refractivity contribution in [3.05, 3.63) is 32.3 Å². The maximum atomic E-state index is 12.6. The molecule has 1 N–H and O–H groups in total. The number of fused-ring (bicyclic) bond motifs is 1. The predicted molar refractivity (Wildman–Crippen MR) is 110 cm³/mol. The number of H-pyrrole nitrogens is 1. The van der Waals surface area contributed by atoms with Crippen LogP contribution in [0.3, 0.4) is 0 Å². The molecule has 9 heteroatoms. The number of rotatable bonds is 9. The third kappa shape index (κ3) is 4.59. The predicted octanol–water partition coefficient (Wildman–Crippen LogP) is 3.09. The molecule has 27 heavy (non-hydrogen) atoms. The molecule has 0 spiro atoms. The number of nitrogens with one attached hydrogen (secondary N) is 1. The summed E-state index contributed by atoms with van der Waals surface area (Å²) in [4.78, 5) is 39.4. The van der Waals surface area contributed by atoms with Gasteiger partial charge in [0.1, 0.15) is 18.0 Å². The molecule has 2 rings (SSSR count). The fourth-order valence-electron chi connectivity index (χ4n) is 2.60. The Balaban J connectivity index is 2.27. The molecule has 0 bridgehead atoms. The highest BCUT2D eigenvalue weighted by atomic mass is 32.1. The van der Waals surface area contributed by atoms with Crippen LogP contribution < -0.4 is 11.2 Å². The molecule has 150 valence electrons. The summed E-state index contributed by atoms with van der Waals surface area (Å²) in [6.07, 6.45) is 1.08. The van der Waals surface area contributed by atoms with Crippen molar-refractivity contribution >= 4 is 35.6 Å². The van der Waals surface area contributed by atoms with E-state index in [0.717, 1.165) is 17.0 Å². The third-order valence-electron chi connectivity index (χ3n) is 5.38. The maximum Gasteiger partial charge on any atom is 0.330 e. The molecular formula is C18H28N2O5SSi. The molecule has 0 aliphatic rings. The fraction of sp³-hybridized carbons (Fsp3) is 0.611. The first-order valence-electron chi connectivity index (χ1n) is 9.15. The minimum atomic E-state index is -1.97. The molecule has 0 saturated heterocycles. The average Bonchev–Trinajstić information content (AvgIpc) is 3.08. The number of nitrogens with zero attached hydrogens (tertiary/aromatic N) is 1. The zero-order valence-electron chi connectivity index (χ0n) is 16.6. The lowest BCUT2D eigenvalue weighted by Gasteiger charge is -2.41. The number of thiophene rings is 1. The van der Waals surface area contributed by atoms with Crippen molar-refractivity contribution in [2.24, 2.45) is 0 Å². The van der Waals surface area contributed by atoms with Gasteiger partial charge in [0.05, 0.1) is 18.8 Å². The smallest absolute Gasteiger partial charge is 0.330 e. The van der Waals surface area contributed by atoms with Gasteiger partial charge in [0, 0.05) is 6.42 Å². The van der Waals surface area contributed by atoms with E-state index in [1.165, 1.54) is 11.3 Å². The average molecular weight is 413 g/mol. The molecule has 2 aromatic heterocycles. The highest BCUT2D eigenvalue weighted by molar-refractivity contribution is 7.17. The summed E-state index contributed by atoms with van der Waals surface area (Å²) in [7, 11) is -1.97. The van der Waals surface area contributed by atoms with E-state index in [-0.39, 0.29) is 24.9 Å². The number of hydrogen-bond acceptors (Lipinski definition) is 6. The Morgan fingerprint density at radius 3 is 2.67 bits per heavy atom. The summed E-state index contributed by atoms with van der Waals surface area (Å²) in [6, 6.07) is 2.61. The van der Waals surface area contributed by atoms with Crippen LogP contribution in [0.2, 0.25) is 19.1 Å². The largest absolute Gasteiger partial charge is 0.463 e. The van der Waals surface area contributed by atoms with Gasteiger partial charge in [-0.1, -0.05) is 33.0 Å².